The normalized spacial score (nSPS) is 16.9. The number of methoxy groups -OCH3 is 1. The predicted octanol–water partition coefficient (Wildman–Crippen LogP) is 3.48. The topological polar surface area (TPSA) is 168 Å². The third-order valence-electron chi connectivity index (χ3n) is 6.46. The number of hydrogen-bond acceptors (Lipinski definition) is 8. The van der Waals surface area contributed by atoms with E-state index in [1.54, 1.807) is 55.6 Å². The molecular weight excluding hydrogens is 552 g/mol. The number of carboxylic acid groups (broad SMARTS) is 1. The standard InChI is InChI=1S/C28H29ClN6O6/c1-16(17-6-8-21(27(37)38)22(30)13-17)33-28(39)35-15-24(34-41-25-5-3-4-10-31-25)32-14-19(26(35)36)11-18-12-20(29)7-9-23(18)40-2/h3-10,12-13,16,19H,11,14-15,30H2,1-2H3,(H,32,34)(H,33,39)(H,37,38)/t16-,19-/m1/s1. The smallest absolute Gasteiger partial charge is 0.337 e. The first-order chi connectivity index (χ1) is 19.7. The molecule has 2 atom stereocenters. The fourth-order valence-corrected chi connectivity index (χ4v) is 4.49. The van der Waals surface area contributed by atoms with Crippen LogP contribution < -0.4 is 25.9 Å². The second-order valence-electron chi connectivity index (χ2n) is 9.28. The number of anilines is 1. The Morgan fingerprint density at radius 3 is 2.76 bits per heavy atom. The van der Waals surface area contributed by atoms with Gasteiger partial charge in [-0.05, 0) is 60.9 Å². The maximum Gasteiger partial charge on any atom is 0.337 e. The average Bonchev–Trinajstić information content (AvgIpc) is 3.11. The Balaban J connectivity index is 1.59. The van der Waals surface area contributed by atoms with Crippen molar-refractivity contribution < 1.29 is 29.1 Å². The highest BCUT2D eigenvalue weighted by Gasteiger charge is 2.34. The minimum atomic E-state index is -1.16. The number of rotatable bonds is 8. The van der Waals surface area contributed by atoms with Crippen LogP contribution in [-0.2, 0) is 11.2 Å². The molecule has 1 aliphatic rings. The Morgan fingerprint density at radius 1 is 1.27 bits per heavy atom. The number of nitrogens with one attached hydrogen (secondary N) is 2. The molecule has 0 spiro atoms. The number of ether oxygens (including phenoxy) is 1. The third kappa shape index (κ3) is 7.22. The van der Waals surface area contributed by atoms with Crippen LogP contribution in [0.5, 0.6) is 11.6 Å². The Bertz CT molecular complexity index is 1470. The monoisotopic (exact) mass is 580 g/mol. The Labute approximate surface area is 241 Å². The van der Waals surface area contributed by atoms with Gasteiger partial charge in [0.2, 0.25) is 11.8 Å². The molecule has 1 saturated heterocycles. The van der Waals surface area contributed by atoms with Crippen LogP contribution in [0.25, 0.3) is 0 Å². The molecule has 0 unspecified atom stereocenters. The number of benzene rings is 2. The van der Waals surface area contributed by atoms with Crippen LogP contribution in [0.1, 0.15) is 34.5 Å². The molecule has 0 radical (unpaired) electrons. The number of amides is 3. The van der Waals surface area contributed by atoms with Crippen molar-refractivity contribution >= 4 is 41.0 Å². The molecule has 0 saturated carbocycles. The van der Waals surface area contributed by atoms with Gasteiger partial charge in [0.1, 0.15) is 5.75 Å². The quantitative estimate of drug-likeness (QED) is 0.230. The van der Waals surface area contributed by atoms with Crippen molar-refractivity contribution in [1.29, 1.82) is 0 Å². The van der Waals surface area contributed by atoms with Crippen molar-refractivity contribution in [3.8, 4) is 11.6 Å². The lowest BCUT2D eigenvalue weighted by atomic mass is 9.97. The number of carbonyl (C=O) groups excluding carboxylic acids is 2. The minimum Gasteiger partial charge on any atom is -0.496 e. The lowest BCUT2D eigenvalue weighted by Gasteiger charge is -2.25. The molecule has 214 valence electrons. The predicted molar refractivity (Wildman–Crippen MR) is 152 cm³/mol. The number of aromatic carboxylic acids is 1. The van der Waals surface area contributed by atoms with E-state index in [1.165, 1.54) is 19.2 Å². The molecule has 2 aromatic carbocycles. The van der Waals surface area contributed by atoms with Crippen LogP contribution >= 0.6 is 11.6 Å². The molecule has 1 aliphatic heterocycles. The summed E-state index contributed by atoms with van der Waals surface area (Å²) in [7, 11) is 1.52. The van der Waals surface area contributed by atoms with Gasteiger partial charge in [0.25, 0.3) is 0 Å². The summed E-state index contributed by atoms with van der Waals surface area (Å²) in [6, 6.07) is 13.3. The number of urea groups is 1. The number of imide groups is 1. The zero-order valence-corrected chi connectivity index (χ0v) is 23.1. The number of oxime groups is 1. The van der Waals surface area contributed by atoms with Gasteiger partial charge in [0, 0.05) is 29.5 Å². The first kappa shape index (κ1) is 29.2. The van der Waals surface area contributed by atoms with Gasteiger partial charge >= 0.3 is 12.0 Å². The van der Waals surface area contributed by atoms with E-state index < -0.39 is 29.9 Å². The molecule has 2 heterocycles. The van der Waals surface area contributed by atoms with E-state index in [9.17, 15) is 19.5 Å². The first-order valence-electron chi connectivity index (χ1n) is 12.6. The van der Waals surface area contributed by atoms with E-state index in [0.29, 0.717) is 21.9 Å². The fourth-order valence-electron chi connectivity index (χ4n) is 4.29. The van der Waals surface area contributed by atoms with Crippen LogP contribution in [0.2, 0.25) is 5.02 Å². The largest absolute Gasteiger partial charge is 0.496 e. The maximum atomic E-state index is 13.7. The molecule has 13 heteroatoms. The number of nitrogens with two attached hydrogens (primary N) is 1. The fraction of sp³-hybridized carbons (Fsp3) is 0.250. The number of hydrogen-bond donors (Lipinski definition) is 4. The van der Waals surface area contributed by atoms with Gasteiger partial charge < -0.3 is 31.0 Å². The average molecular weight is 581 g/mol. The Morgan fingerprint density at radius 2 is 2.07 bits per heavy atom. The zero-order valence-electron chi connectivity index (χ0n) is 22.3. The molecule has 41 heavy (non-hydrogen) atoms. The lowest BCUT2D eigenvalue weighted by Crippen LogP contribution is -2.48. The number of nitrogens with zero attached hydrogens (tertiary/aromatic N) is 3. The molecule has 4 rings (SSSR count). The van der Waals surface area contributed by atoms with Crippen LogP contribution in [0.4, 0.5) is 10.5 Å². The van der Waals surface area contributed by atoms with Gasteiger partial charge in [-0.15, -0.1) is 0 Å². The summed E-state index contributed by atoms with van der Waals surface area (Å²) in [5.74, 6) is -1.25. The molecule has 12 nitrogen and oxygen atoms in total. The summed E-state index contributed by atoms with van der Waals surface area (Å²) in [6.45, 7) is 1.65. The van der Waals surface area contributed by atoms with Crippen LogP contribution in [0.15, 0.2) is 65.9 Å². The van der Waals surface area contributed by atoms with Gasteiger partial charge in [0.15, 0.2) is 5.84 Å². The van der Waals surface area contributed by atoms with Crippen molar-refractivity contribution in [1.82, 2.24) is 20.5 Å². The summed E-state index contributed by atoms with van der Waals surface area (Å²) >= 11 is 6.20. The van der Waals surface area contributed by atoms with Crippen LogP contribution in [-0.4, -0.2) is 58.9 Å². The van der Waals surface area contributed by atoms with E-state index in [4.69, 9.17) is 26.9 Å². The molecule has 0 bridgehead atoms. The Hall–Kier alpha value is -4.84. The van der Waals surface area contributed by atoms with Crippen molar-refractivity contribution in [2.45, 2.75) is 19.4 Å². The van der Waals surface area contributed by atoms with Gasteiger partial charge in [-0.3, -0.25) is 9.69 Å². The highest BCUT2D eigenvalue weighted by molar-refractivity contribution is 6.30. The molecule has 3 aromatic rings. The summed E-state index contributed by atoms with van der Waals surface area (Å²) in [5, 5.41) is 19.7. The number of nitrogen functional groups attached to an aromatic ring is 1. The SMILES string of the molecule is COc1ccc(Cl)cc1C[C@@H]1CN/C(=N\Oc2ccccn2)CN(C(=O)N[C@H](C)c2ccc(C(=O)O)c(N)c2)C1=O. The molecular formula is C28H29ClN6O6. The summed E-state index contributed by atoms with van der Waals surface area (Å²) in [5.41, 5.74) is 7.16. The number of pyridine rings is 1. The maximum absolute atomic E-state index is 13.7. The van der Waals surface area contributed by atoms with Crippen molar-refractivity contribution in [3.05, 3.63) is 82.5 Å². The molecule has 1 fully saturated rings. The molecule has 3 amide bonds. The number of amidine groups is 1. The number of carboxylic acids is 1. The molecule has 0 aliphatic carbocycles. The van der Waals surface area contributed by atoms with Gasteiger partial charge in [-0.25, -0.2) is 14.6 Å². The van der Waals surface area contributed by atoms with Gasteiger partial charge in [0.05, 0.1) is 31.2 Å². The second-order valence-corrected chi connectivity index (χ2v) is 9.72. The van der Waals surface area contributed by atoms with E-state index in [-0.39, 0.29) is 42.5 Å². The highest BCUT2D eigenvalue weighted by atomic mass is 35.5. The molecule has 5 N–H and O–H groups in total. The third-order valence-corrected chi connectivity index (χ3v) is 6.70. The van der Waals surface area contributed by atoms with Crippen LogP contribution in [0.3, 0.4) is 0 Å². The second kappa shape index (κ2) is 13.0. The first-order valence-corrected chi connectivity index (χ1v) is 13.0. The Kier molecular flexibility index (Phi) is 9.25. The van der Waals surface area contributed by atoms with Crippen molar-refractivity contribution in [2.24, 2.45) is 11.1 Å². The van der Waals surface area contributed by atoms with E-state index in [1.807, 2.05) is 0 Å². The highest BCUT2D eigenvalue weighted by Crippen LogP contribution is 2.27. The summed E-state index contributed by atoms with van der Waals surface area (Å²) in [6.07, 6.45) is 1.78. The van der Waals surface area contributed by atoms with Crippen LogP contribution in [0, 0.1) is 5.92 Å². The summed E-state index contributed by atoms with van der Waals surface area (Å²) in [4.78, 5) is 49.1. The van der Waals surface area contributed by atoms with E-state index in [0.717, 1.165) is 4.90 Å². The number of halogens is 1. The van der Waals surface area contributed by atoms with Gasteiger partial charge in [-0.2, -0.15) is 0 Å². The van der Waals surface area contributed by atoms with Crippen molar-refractivity contribution in [3.63, 3.8) is 0 Å². The van der Waals surface area contributed by atoms with Gasteiger partial charge in [-0.1, -0.05) is 28.9 Å². The summed E-state index contributed by atoms with van der Waals surface area (Å²) < 4.78 is 5.44. The van der Waals surface area contributed by atoms with Crippen molar-refractivity contribution in [2.75, 3.05) is 25.9 Å². The minimum absolute atomic E-state index is 0.0471. The van der Waals surface area contributed by atoms with E-state index in [2.05, 4.69) is 20.8 Å². The number of aromatic nitrogens is 1. The molecule has 1 aromatic heterocycles. The lowest BCUT2D eigenvalue weighted by molar-refractivity contribution is -0.131. The number of carbonyl (C=O) groups is 3. The van der Waals surface area contributed by atoms with E-state index >= 15 is 0 Å². The zero-order chi connectivity index (χ0) is 29.5.